The van der Waals surface area contributed by atoms with Crippen molar-refractivity contribution >= 4 is 49.8 Å². The Morgan fingerprint density at radius 3 is 1.54 bits per heavy atom. The Hall–Kier alpha value is -7.16. The fourth-order valence-corrected chi connectivity index (χ4v) is 9.33. The number of benzene rings is 9. The molecule has 1 aliphatic carbocycles. The number of rotatable bonds is 6. The summed E-state index contributed by atoms with van der Waals surface area (Å²) >= 11 is 0. The molecule has 57 heavy (non-hydrogen) atoms. The van der Waals surface area contributed by atoms with E-state index < -0.39 is 0 Å². The van der Waals surface area contributed by atoms with Crippen LogP contribution >= 0.6 is 0 Å². The summed E-state index contributed by atoms with van der Waals surface area (Å²) in [6.07, 6.45) is 0. The summed E-state index contributed by atoms with van der Waals surface area (Å²) < 4.78 is 6.63. The van der Waals surface area contributed by atoms with Crippen LogP contribution in [0.4, 0.5) is 17.1 Å². The van der Waals surface area contributed by atoms with E-state index in [-0.39, 0.29) is 5.41 Å². The van der Waals surface area contributed by atoms with Gasteiger partial charge >= 0.3 is 0 Å². The zero-order valence-electron chi connectivity index (χ0n) is 31.9. The van der Waals surface area contributed by atoms with E-state index >= 15 is 0 Å². The van der Waals surface area contributed by atoms with Crippen LogP contribution in [0.25, 0.3) is 77.2 Å². The third-order valence-electron chi connectivity index (χ3n) is 12.1. The van der Waals surface area contributed by atoms with E-state index in [1.807, 2.05) is 6.07 Å². The molecule has 2 nitrogen and oxygen atoms in total. The lowest BCUT2D eigenvalue weighted by Gasteiger charge is -2.27. The van der Waals surface area contributed by atoms with E-state index in [9.17, 15) is 0 Å². The molecule has 0 amide bonds. The minimum absolute atomic E-state index is 0.202. The molecule has 0 fully saturated rings. The molecule has 0 saturated heterocycles. The molecule has 1 heterocycles. The summed E-state index contributed by atoms with van der Waals surface area (Å²) in [7, 11) is 0. The van der Waals surface area contributed by atoms with Gasteiger partial charge in [-0.1, -0.05) is 166 Å². The van der Waals surface area contributed by atoms with Crippen LogP contribution in [0.15, 0.2) is 205 Å². The van der Waals surface area contributed by atoms with Crippen LogP contribution in [-0.4, -0.2) is 0 Å². The van der Waals surface area contributed by atoms with E-state index in [1.165, 1.54) is 60.8 Å². The molecular formula is C55H39NO. The first-order valence-electron chi connectivity index (χ1n) is 19.8. The molecule has 0 spiro atoms. The lowest BCUT2D eigenvalue weighted by atomic mass is 9.79. The van der Waals surface area contributed by atoms with Gasteiger partial charge in [0.25, 0.3) is 0 Å². The molecule has 0 unspecified atom stereocenters. The minimum Gasteiger partial charge on any atom is -0.455 e. The van der Waals surface area contributed by atoms with Crippen molar-refractivity contribution in [3.8, 4) is 44.5 Å². The molecule has 0 N–H and O–H groups in total. The maximum atomic E-state index is 6.63. The van der Waals surface area contributed by atoms with Gasteiger partial charge in [0.2, 0.25) is 0 Å². The average Bonchev–Trinajstić information content (AvgIpc) is 3.76. The normalized spacial score (nSPS) is 12.9. The second-order valence-corrected chi connectivity index (χ2v) is 15.7. The van der Waals surface area contributed by atoms with Crippen molar-refractivity contribution in [3.05, 3.63) is 211 Å². The van der Waals surface area contributed by atoms with Gasteiger partial charge in [0.15, 0.2) is 0 Å². The Balaban J connectivity index is 1.10. The van der Waals surface area contributed by atoms with Crippen molar-refractivity contribution in [2.75, 3.05) is 4.90 Å². The Kier molecular flexibility index (Phi) is 7.55. The first-order valence-corrected chi connectivity index (χ1v) is 19.8. The number of furan rings is 1. The summed E-state index contributed by atoms with van der Waals surface area (Å²) in [5.41, 5.74) is 17.3. The highest BCUT2D eigenvalue weighted by atomic mass is 16.3. The lowest BCUT2D eigenvalue weighted by Crippen LogP contribution is -2.16. The lowest BCUT2D eigenvalue weighted by molar-refractivity contribution is 0.666. The second-order valence-electron chi connectivity index (χ2n) is 15.7. The molecule has 0 saturated carbocycles. The maximum Gasteiger partial charge on any atom is 0.143 e. The summed E-state index contributed by atoms with van der Waals surface area (Å²) in [6.45, 7) is 4.76. The van der Waals surface area contributed by atoms with Crippen molar-refractivity contribution < 1.29 is 4.42 Å². The fraction of sp³-hybridized carbons (Fsp3) is 0.0545. The van der Waals surface area contributed by atoms with Crippen LogP contribution in [-0.2, 0) is 5.41 Å². The van der Waals surface area contributed by atoms with Gasteiger partial charge in [-0.05, 0) is 109 Å². The van der Waals surface area contributed by atoms with Crippen molar-refractivity contribution in [1.82, 2.24) is 0 Å². The van der Waals surface area contributed by atoms with Crippen LogP contribution in [0.3, 0.4) is 0 Å². The summed E-state index contributed by atoms with van der Waals surface area (Å²) in [5.74, 6) is 0. The molecule has 0 bridgehead atoms. The third kappa shape index (κ3) is 5.33. The SMILES string of the molecule is CC1(C)c2ccc(N(c3ccc(-c4ccccc4)cc3)c3ccc(-c4ccccc4)cc3)cc2-c2cc(-c3cccc4c3oc3ccccc34)c3ccccc3c21. The summed E-state index contributed by atoms with van der Waals surface area (Å²) in [6, 6.07) is 72.5. The van der Waals surface area contributed by atoms with E-state index in [1.54, 1.807) is 0 Å². The highest BCUT2D eigenvalue weighted by Crippen LogP contribution is 2.55. The molecule has 1 aromatic heterocycles. The highest BCUT2D eigenvalue weighted by Gasteiger charge is 2.38. The van der Waals surface area contributed by atoms with Gasteiger partial charge < -0.3 is 9.32 Å². The predicted molar refractivity (Wildman–Crippen MR) is 240 cm³/mol. The number of hydrogen-bond donors (Lipinski definition) is 0. The Bertz CT molecular complexity index is 3040. The molecule has 9 aromatic carbocycles. The Labute approximate surface area is 332 Å². The van der Waals surface area contributed by atoms with E-state index in [2.05, 4.69) is 213 Å². The summed E-state index contributed by atoms with van der Waals surface area (Å²) in [4.78, 5) is 2.39. The van der Waals surface area contributed by atoms with Crippen LogP contribution in [0, 0.1) is 0 Å². The van der Waals surface area contributed by atoms with Gasteiger partial charge in [-0.15, -0.1) is 0 Å². The largest absolute Gasteiger partial charge is 0.455 e. The number of nitrogens with zero attached hydrogens (tertiary/aromatic N) is 1. The first kappa shape index (κ1) is 33.2. The molecule has 0 aliphatic heterocycles. The Morgan fingerprint density at radius 1 is 0.368 bits per heavy atom. The standard InChI is InChI=1S/C55H39NO/c1-55(2)51-33-32-42(56(40-28-24-38(25-29-40)36-14-5-3-6-15-36)41-30-26-39(27-31-41)37-16-7-4-8-17-37)34-49(51)50-35-48(43-18-9-10-20-45(43)53(50)55)47-22-13-21-46-44-19-11-12-23-52(44)57-54(46)47/h3-35H,1-2H3. The molecule has 2 heteroatoms. The second kappa shape index (κ2) is 13.0. The minimum atomic E-state index is -0.202. The fourth-order valence-electron chi connectivity index (χ4n) is 9.33. The monoisotopic (exact) mass is 729 g/mol. The smallest absolute Gasteiger partial charge is 0.143 e. The van der Waals surface area contributed by atoms with Gasteiger partial charge in [-0.2, -0.15) is 0 Å². The molecule has 0 radical (unpaired) electrons. The van der Waals surface area contributed by atoms with Gasteiger partial charge in [-0.3, -0.25) is 0 Å². The molecule has 270 valence electrons. The predicted octanol–water partition coefficient (Wildman–Crippen LogP) is 15.5. The molecular weight excluding hydrogens is 691 g/mol. The molecule has 1 aliphatic rings. The number of para-hydroxylation sites is 2. The molecule has 0 atom stereocenters. The Morgan fingerprint density at radius 2 is 0.895 bits per heavy atom. The topological polar surface area (TPSA) is 16.4 Å². The third-order valence-corrected chi connectivity index (χ3v) is 12.1. The van der Waals surface area contributed by atoms with Crippen LogP contribution in [0.5, 0.6) is 0 Å². The van der Waals surface area contributed by atoms with Gasteiger partial charge in [0, 0.05) is 38.8 Å². The van der Waals surface area contributed by atoms with Crippen LogP contribution in [0.2, 0.25) is 0 Å². The van der Waals surface area contributed by atoms with Gasteiger partial charge in [-0.25, -0.2) is 0 Å². The average molecular weight is 730 g/mol. The van der Waals surface area contributed by atoms with Gasteiger partial charge in [0.1, 0.15) is 11.2 Å². The zero-order valence-corrected chi connectivity index (χ0v) is 31.9. The van der Waals surface area contributed by atoms with Crippen LogP contribution < -0.4 is 4.90 Å². The number of hydrogen-bond acceptors (Lipinski definition) is 2. The van der Waals surface area contributed by atoms with Crippen molar-refractivity contribution in [1.29, 1.82) is 0 Å². The molecule has 10 aromatic rings. The number of anilines is 3. The van der Waals surface area contributed by atoms with Gasteiger partial charge in [0.05, 0.1) is 0 Å². The zero-order chi connectivity index (χ0) is 38.1. The van der Waals surface area contributed by atoms with E-state index in [0.29, 0.717) is 0 Å². The van der Waals surface area contributed by atoms with Crippen LogP contribution in [0.1, 0.15) is 25.0 Å². The summed E-state index contributed by atoms with van der Waals surface area (Å²) in [5, 5.41) is 4.81. The molecule has 11 rings (SSSR count). The highest BCUT2D eigenvalue weighted by molar-refractivity contribution is 6.14. The first-order chi connectivity index (χ1) is 28.0. The van der Waals surface area contributed by atoms with Crippen molar-refractivity contribution in [2.24, 2.45) is 0 Å². The number of fused-ring (bicyclic) bond motifs is 8. The quantitative estimate of drug-likeness (QED) is 0.169. The van der Waals surface area contributed by atoms with Crippen molar-refractivity contribution in [2.45, 2.75) is 19.3 Å². The van der Waals surface area contributed by atoms with E-state index in [0.717, 1.165) is 44.6 Å². The maximum absolute atomic E-state index is 6.63. The van der Waals surface area contributed by atoms with Crippen molar-refractivity contribution in [3.63, 3.8) is 0 Å². The van der Waals surface area contributed by atoms with E-state index in [4.69, 9.17) is 4.42 Å².